The van der Waals surface area contributed by atoms with Crippen LogP contribution in [0, 0.1) is 6.92 Å². The zero-order valence-electron chi connectivity index (χ0n) is 17.4. The quantitative estimate of drug-likeness (QED) is 0.340. The van der Waals surface area contributed by atoms with Crippen LogP contribution in [0.15, 0.2) is 23.3 Å². The molecule has 0 aliphatic rings. The second-order valence-corrected chi connectivity index (χ2v) is 7.42. The van der Waals surface area contributed by atoms with Crippen molar-refractivity contribution in [2.75, 3.05) is 0 Å². The third kappa shape index (κ3) is 6.13. The van der Waals surface area contributed by atoms with Crippen molar-refractivity contribution in [1.29, 1.82) is 0 Å². The normalized spacial score (nSPS) is 13.4. The van der Waals surface area contributed by atoms with Gasteiger partial charge in [-0.1, -0.05) is 29.3 Å². The lowest BCUT2D eigenvalue weighted by Gasteiger charge is -2.14. The van der Waals surface area contributed by atoms with Gasteiger partial charge < -0.3 is 14.9 Å². The van der Waals surface area contributed by atoms with Gasteiger partial charge in [-0.2, -0.15) is 0 Å². The molecular weight excluding hydrogens is 380 g/mol. The molecule has 0 radical (unpaired) electrons. The Kier molecular flexibility index (Phi) is 8.76. The number of hydrogen-bond donors (Lipinski definition) is 2. The minimum Gasteiger partial charge on any atom is -0.507 e. The van der Waals surface area contributed by atoms with Crippen LogP contribution in [0.3, 0.4) is 0 Å². The maximum absolute atomic E-state index is 11.8. The molecule has 0 heterocycles. The van der Waals surface area contributed by atoms with E-state index < -0.39 is 0 Å². The van der Waals surface area contributed by atoms with E-state index in [0.29, 0.717) is 5.56 Å². The fourth-order valence-corrected chi connectivity index (χ4v) is 3.11. The average molecular weight is 409 g/mol. The summed E-state index contributed by atoms with van der Waals surface area (Å²) in [6.07, 6.45) is 5.46. The standard InChI is InChI=1S/C22H29ClO5/c1-12(8-7-9-13(2)16(5)28-17(6)25)10-11-18-21(26)19(15(4)24)14(3)20(23)22(18)27/h9-10,16,26-27H,7-8,11H2,1-6H3/b12-10+,13-9+. The van der Waals surface area contributed by atoms with E-state index in [9.17, 15) is 19.8 Å². The van der Waals surface area contributed by atoms with Crippen LogP contribution in [0.25, 0.3) is 0 Å². The minimum atomic E-state index is -0.308. The van der Waals surface area contributed by atoms with E-state index in [-0.39, 0.29) is 51.9 Å². The molecule has 0 aliphatic carbocycles. The Morgan fingerprint density at radius 2 is 1.71 bits per heavy atom. The fraction of sp³-hybridized carbons (Fsp3) is 0.455. The number of carbonyl (C=O) groups excluding carboxylic acids is 2. The van der Waals surface area contributed by atoms with Gasteiger partial charge in [0.15, 0.2) is 5.78 Å². The van der Waals surface area contributed by atoms with Crippen LogP contribution in [0.1, 0.15) is 68.9 Å². The lowest BCUT2D eigenvalue weighted by Crippen LogP contribution is -2.13. The number of ketones is 1. The summed E-state index contributed by atoms with van der Waals surface area (Å²) in [7, 11) is 0. The van der Waals surface area contributed by atoms with Crippen molar-refractivity contribution in [3.05, 3.63) is 45.0 Å². The first kappa shape index (κ1) is 23.8. The van der Waals surface area contributed by atoms with E-state index in [0.717, 1.165) is 24.0 Å². The zero-order chi connectivity index (χ0) is 21.6. The molecule has 1 rings (SSSR count). The highest BCUT2D eigenvalue weighted by Crippen LogP contribution is 2.41. The van der Waals surface area contributed by atoms with Gasteiger partial charge in [0.05, 0.1) is 10.6 Å². The van der Waals surface area contributed by atoms with Gasteiger partial charge in [0.2, 0.25) is 0 Å². The summed E-state index contributed by atoms with van der Waals surface area (Å²) in [4.78, 5) is 22.8. The topological polar surface area (TPSA) is 83.8 Å². The van der Waals surface area contributed by atoms with Gasteiger partial charge in [0, 0.05) is 12.5 Å². The Hall–Kier alpha value is -2.27. The molecule has 0 saturated carbocycles. The third-order valence-electron chi connectivity index (χ3n) is 4.72. The lowest BCUT2D eigenvalue weighted by atomic mass is 9.96. The number of phenols is 2. The van der Waals surface area contributed by atoms with Gasteiger partial charge in [0.1, 0.15) is 17.6 Å². The zero-order valence-corrected chi connectivity index (χ0v) is 18.1. The Bertz CT molecular complexity index is 821. The largest absolute Gasteiger partial charge is 0.507 e. The molecule has 2 N–H and O–H groups in total. The van der Waals surface area contributed by atoms with Crippen LogP contribution in [-0.2, 0) is 16.0 Å². The summed E-state index contributed by atoms with van der Waals surface area (Å²) >= 11 is 6.13. The Morgan fingerprint density at radius 1 is 1.11 bits per heavy atom. The van der Waals surface area contributed by atoms with Gasteiger partial charge in [-0.05, 0) is 65.0 Å². The van der Waals surface area contributed by atoms with Gasteiger partial charge in [-0.15, -0.1) is 0 Å². The molecule has 5 nitrogen and oxygen atoms in total. The molecule has 6 heteroatoms. The first-order valence-electron chi connectivity index (χ1n) is 9.20. The smallest absolute Gasteiger partial charge is 0.303 e. The molecular formula is C22H29ClO5. The maximum atomic E-state index is 11.8. The molecule has 0 aliphatic heterocycles. The van der Waals surface area contributed by atoms with Crippen molar-refractivity contribution in [2.45, 2.75) is 66.9 Å². The lowest BCUT2D eigenvalue weighted by molar-refractivity contribution is -0.143. The van der Waals surface area contributed by atoms with Crippen molar-refractivity contribution in [2.24, 2.45) is 0 Å². The van der Waals surface area contributed by atoms with Gasteiger partial charge in [0.25, 0.3) is 0 Å². The van der Waals surface area contributed by atoms with E-state index in [1.807, 2.05) is 32.9 Å². The SMILES string of the molecule is CC(=O)OC(C)/C(C)=C/CC/C(C)=C/Cc1c(O)c(Cl)c(C)c(C(C)=O)c1O. The molecule has 0 amide bonds. The highest BCUT2D eigenvalue weighted by Gasteiger charge is 2.22. The number of hydrogen-bond acceptors (Lipinski definition) is 5. The Balaban J connectivity index is 2.89. The number of carbonyl (C=O) groups is 2. The van der Waals surface area contributed by atoms with Crippen molar-refractivity contribution >= 4 is 23.4 Å². The first-order valence-corrected chi connectivity index (χ1v) is 9.58. The van der Waals surface area contributed by atoms with E-state index >= 15 is 0 Å². The number of Topliss-reactive ketones (excluding diaryl/α,β-unsaturated/α-hetero) is 1. The van der Waals surface area contributed by atoms with Crippen LogP contribution in [-0.4, -0.2) is 28.1 Å². The monoisotopic (exact) mass is 408 g/mol. The van der Waals surface area contributed by atoms with Gasteiger partial charge in [-0.25, -0.2) is 0 Å². The van der Waals surface area contributed by atoms with Crippen LogP contribution >= 0.6 is 11.6 Å². The molecule has 154 valence electrons. The molecule has 1 atom stereocenters. The fourth-order valence-electron chi connectivity index (χ4n) is 2.90. The molecule has 1 unspecified atom stereocenters. The molecule has 0 aromatic heterocycles. The summed E-state index contributed by atoms with van der Waals surface area (Å²) in [6, 6.07) is 0. The summed E-state index contributed by atoms with van der Waals surface area (Å²) < 4.78 is 5.14. The van der Waals surface area contributed by atoms with Gasteiger partial charge >= 0.3 is 5.97 Å². The Labute approximate surface area is 171 Å². The molecule has 0 bridgehead atoms. The molecule has 0 spiro atoms. The highest BCUT2D eigenvalue weighted by atomic mass is 35.5. The molecule has 1 aromatic carbocycles. The summed E-state index contributed by atoms with van der Waals surface area (Å²) in [5.74, 6) is -1.03. The molecule has 28 heavy (non-hydrogen) atoms. The van der Waals surface area contributed by atoms with Crippen LogP contribution in [0.4, 0.5) is 0 Å². The summed E-state index contributed by atoms with van der Waals surface area (Å²) in [5, 5.41) is 20.8. The molecule has 0 saturated heterocycles. The predicted molar refractivity (Wildman–Crippen MR) is 111 cm³/mol. The van der Waals surface area contributed by atoms with Gasteiger partial charge in [-0.3, -0.25) is 9.59 Å². The van der Waals surface area contributed by atoms with Crippen LogP contribution in [0.2, 0.25) is 5.02 Å². The van der Waals surface area contributed by atoms with Crippen molar-refractivity contribution in [1.82, 2.24) is 0 Å². The highest BCUT2D eigenvalue weighted by molar-refractivity contribution is 6.33. The number of esters is 1. The number of aromatic hydroxyl groups is 2. The van der Waals surface area contributed by atoms with Crippen molar-refractivity contribution < 1.29 is 24.5 Å². The van der Waals surface area contributed by atoms with E-state index in [4.69, 9.17) is 16.3 Å². The summed E-state index contributed by atoms with van der Waals surface area (Å²) in [5.41, 5.74) is 2.80. The van der Waals surface area contributed by atoms with E-state index in [1.54, 1.807) is 6.92 Å². The predicted octanol–water partition coefficient (Wildman–Crippen LogP) is 5.43. The average Bonchev–Trinajstić information content (AvgIpc) is 2.58. The van der Waals surface area contributed by atoms with Crippen LogP contribution < -0.4 is 0 Å². The minimum absolute atomic E-state index is 0.0853. The number of allylic oxidation sites excluding steroid dienone is 3. The Morgan fingerprint density at radius 3 is 2.25 bits per heavy atom. The van der Waals surface area contributed by atoms with Crippen LogP contribution in [0.5, 0.6) is 11.5 Å². The van der Waals surface area contributed by atoms with Crippen molar-refractivity contribution in [3.8, 4) is 11.5 Å². The number of benzene rings is 1. The van der Waals surface area contributed by atoms with E-state index in [1.165, 1.54) is 13.8 Å². The number of phenolic OH excluding ortho intramolecular Hbond substituents is 2. The maximum Gasteiger partial charge on any atom is 0.303 e. The van der Waals surface area contributed by atoms with E-state index in [2.05, 4.69) is 0 Å². The number of halogens is 1. The van der Waals surface area contributed by atoms with Crippen molar-refractivity contribution in [3.63, 3.8) is 0 Å². The molecule has 1 aromatic rings. The molecule has 0 fully saturated rings. The third-order valence-corrected chi connectivity index (χ3v) is 5.18. The summed E-state index contributed by atoms with van der Waals surface area (Å²) in [6.45, 7) is 10.0. The number of rotatable bonds is 8. The second-order valence-electron chi connectivity index (χ2n) is 7.04. The number of ether oxygens (including phenoxy) is 1. The first-order chi connectivity index (χ1) is 13.0. The second kappa shape index (κ2) is 10.3.